The largest absolute Gasteiger partial charge is 0.478 e. The van der Waals surface area contributed by atoms with Gasteiger partial charge in [0.05, 0.1) is 17.5 Å². The van der Waals surface area contributed by atoms with Crippen molar-refractivity contribution in [3.8, 4) is 0 Å². The second-order valence-corrected chi connectivity index (χ2v) is 7.60. The first kappa shape index (κ1) is 20.4. The van der Waals surface area contributed by atoms with Crippen LogP contribution in [0.4, 0.5) is 16.2 Å². The third-order valence-electron chi connectivity index (χ3n) is 4.54. The summed E-state index contributed by atoms with van der Waals surface area (Å²) in [6, 6.07) is 17.4. The fraction of sp³-hybridized carbons (Fsp3) is 0. The zero-order chi connectivity index (χ0) is 21.8. The maximum atomic E-state index is 12.3. The van der Waals surface area contributed by atoms with E-state index >= 15 is 0 Å². The van der Waals surface area contributed by atoms with Crippen LogP contribution in [0.25, 0.3) is 22.7 Å². The number of aliphatic carboxylic acids is 1. The summed E-state index contributed by atoms with van der Waals surface area (Å²) in [6.07, 6.45) is 4.81. The molecule has 0 unspecified atom stereocenters. The van der Waals surface area contributed by atoms with Gasteiger partial charge in [-0.25, -0.2) is 14.6 Å². The summed E-state index contributed by atoms with van der Waals surface area (Å²) in [5.41, 5.74) is 3.12. The molecule has 4 N–H and O–H groups in total. The van der Waals surface area contributed by atoms with Crippen LogP contribution in [0.3, 0.4) is 0 Å². The van der Waals surface area contributed by atoms with Crippen LogP contribution < -0.4 is 10.6 Å². The quantitative estimate of drug-likeness (QED) is 0.281. The number of benzene rings is 2. The van der Waals surface area contributed by atoms with Gasteiger partial charge in [0.2, 0.25) is 0 Å². The normalized spacial score (nSPS) is 11.3. The Labute approximate surface area is 186 Å². The molecule has 2 aromatic heterocycles. The van der Waals surface area contributed by atoms with Gasteiger partial charge < -0.3 is 20.7 Å². The average Bonchev–Trinajstić information content (AvgIpc) is 3.16. The van der Waals surface area contributed by atoms with Gasteiger partial charge in [0.15, 0.2) is 0 Å². The Morgan fingerprint density at radius 1 is 1.00 bits per heavy atom. The SMILES string of the molecule is O=C(Nc1ccc(Br)cc1)Nc1cnc2[nH]cc(C=C(C(=O)O)c3ccccc3)c2c1. The predicted octanol–water partition coefficient (Wildman–Crippen LogP) is 5.59. The number of hydrogen-bond donors (Lipinski definition) is 4. The van der Waals surface area contributed by atoms with Crippen molar-refractivity contribution in [1.29, 1.82) is 0 Å². The van der Waals surface area contributed by atoms with Gasteiger partial charge in [-0.3, -0.25) is 0 Å². The monoisotopic (exact) mass is 476 g/mol. The van der Waals surface area contributed by atoms with E-state index in [0.29, 0.717) is 33.5 Å². The molecule has 4 aromatic rings. The Bertz CT molecular complexity index is 1280. The van der Waals surface area contributed by atoms with Crippen LogP contribution in [0, 0.1) is 0 Å². The van der Waals surface area contributed by atoms with Gasteiger partial charge >= 0.3 is 12.0 Å². The molecule has 2 amide bonds. The highest BCUT2D eigenvalue weighted by molar-refractivity contribution is 9.10. The van der Waals surface area contributed by atoms with Crippen LogP contribution >= 0.6 is 15.9 Å². The number of nitrogens with one attached hydrogen (secondary N) is 3. The number of aromatic amines is 1. The Morgan fingerprint density at radius 2 is 1.71 bits per heavy atom. The van der Waals surface area contributed by atoms with Crippen molar-refractivity contribution >= 4 is 62.0 Å². The van der Waals surface area contributed by atoms with E-state index in [1.54, 1.807) is 54.7 Å². The molecule has 8 heteroatoms. The van der Waals surface area contributed by atoms with Crippen LogP contribution in [0.1, 0.15) is 11.1 Å². The summed E-state index contributed by atoms with van der Waals surface area (Å²) in [5.74, 6) is -1.03. The molecule has 0 aliphatic carbocycles. The zero-order valence-electron chi connectivity index (χ0n) is 16.1. The Morgan fingerprint density at radius 3 is 2.42 bits per heavy atom. The summed E-state index contributed by atoms with van der Waals surface area (Å²) < 4.78 is 0.914. The van der Waals surface area contributed by atoms with Gasteiger partial charge in [-0.2, -0.15) is 0 Å². The molecule has 0 fully saturated rings. The molecule has 0 bridgehead atoms. The molecule has 0 aliphatic rings. The zero-order valence-corrected chi connectivity index (χ0v) is 17.7. The summed E-state index contributed by atoms with van der Waals surface area (Å²) in [4.78, 5) is 31.5. The fourth-order valence-electron chi connectivity index (χ4n) is 3.08. The van der Waals surface area contributed by atoms with Crippen LogP contribution in [0.5, 0.6) is 0 Å². The van der Waals surface area contributed by atoms with Crippen molar-refractivity contribution in [2.45, 2.75) is 0 Å². The van der Waals surface area contributed by atoms with Crippen LogP contribution in [-0.4, -0.2) is 27.1 Å². The molecule has 0 saturated carbocycles. The topological polar surface area (TPSA) is 107 Å². The highest BCUT2D eigenvalue weighted by Crippen LogP contribution is 2.25. The lowest BCUT2D eigenvalue weighted by atomic mass is 10.0. The second kappa shape index (κ2) is 8.85. The molecule has 2 aromatic carbocycles. The van der Waals surface area contributed by atoms with Crippen molar-refractivity contribution in [2.75, 3.05) is 10.6 Å². The van der Waals surface area contributed by atoms with E-state index in [1.807, 2.05) is 18.2 Å². The van der Waals surface area contributed by atoms with Gasteiger partial charge in [-0.05, 0) is 42.0 Å². The predicted molar refractivity (Wildman–Crippen MR) is 125 cm³/mol. The van der Waals surface area contributed by atoms with E-state index in [-0.39, 0.29) is 5.57 Å². The Balaban J connectivity index is 1.60. The number of anilines is 2. The number of carboxylic acids is 1. The van der Waals surface area contributed by atoms with Crippen LogP contribution in [-0.2, 0) is 4.79 Å². The second-order valence-electron chi connectivity index (χ2n) is 6.68. The summed E-state index contributed by atoms with van der Waals surface area (Å²) >= 11 is 3.35. The van der Waals surface area contributed by atoms with Gasteiger partial charge in [-0.15, -0.1) is 0 Å². The lowest BCUT2D eigenvalue weighted by molar-refractivity contribution is -0.130. The number of H-pyrrole nitrogens is 1. The fourth-order valence-corrected chi connectivity index (χ4v) is 3.34. The van der Waals surface area contributed by atoms with E-state index in [1.165, 1.54) is 6.20 Å². The van der Waals surface area contributed by atoms with E-state index in [0.717, 1.165) is 4.47 Å². The van der Waals surface area contributed by atoms with E-state index in [9.17, 15) is 14.7 Å². The van der Waals surface area contributed by atoms with Gasteiger partial charge in [0.25, 0.3) is 0 Å². The molecule has 154 valence electrons. The van der Waals surface area contributed by atoms with Crippen molar-refractivity contribution < 1.29 is 14.7 Å². The maximum absolute atomic E-state index is 12.3. The van der Waals surface area contributed by atoms with E-state index in [4.69, 9.17) is 0 Å². The van der Waals surface area contributed by atoms with Crippen molar-refractivity contribution in [3.05, 3.63) is 88.7 Å². The molecule has 0 aliphatic heterocycles. The molecule has 0 saturated heterocycles. The summed E-state index contributed by atoms with van der Waals surface area (Å²) in [6.45, 7) is 0. The number of fused-ring (bicyclic) bond motifs is 1. The highest BCUT2D eigenvalue weighted by atomic mass is 79.9. The Hall–Kier alpha value is -3.91. The number of carbonyl (C=O) groups excluding carboxylic acids is 1. The van der Waals surface area contributed by atoms with Gasteiger partial charge in [0, 0.05) is 27.3 Å². The number of pyridine rings is 1. The molecule has 31 heavy (non-hydrogen) atoms. The molecular weight excluding hydrogens is 460 g/mol. The van der Waals surface area contributed by atoms with Gasteiger partial charge in [-0.1, -0.05) is 46.3 Å². The van der Waals surface area contributed by atoms with Crippen LogP contribution in [0.2, 0.25) is 0 Å². The number of rotatable bonds is 5. The number of carbonyl (C=O) groups is 2. The number of halogens is 1. The standard InChI is InChI=1S/C23H17BrN4O3/c24-16-6-8-17(9-7-16)27-23(31)28-18-11-19-15(12-25-21(19)26-13-18)10-20(22(29)30)14-4-2-1-3-5-14/h1-13H,(H,25,26)(H,29,30)(H2,27,28,31). The van der Waals surface area contributed by atoms with E-state index in [2.05, 4.69) is 36.5 Å². The number of carboxylic acid groups (broad SMARTS) is 1. The van der Waals surface area contributed by atoms with Crippen molar-refractivity contribution in [2.24, 2.45) is 0 Å². The molecule has 7 nitrogen and oxygen atoms in total. The molecule has 2 heterocycles. The Kier molecular flexibility index (Phi) is 5.81. The molecule has 0 radical (unpaired) electrons. The van der Waals surface area contributed by atoms with Crippen LogP contribution in [0.15, 0.2) is 77.5 Å². The molecular formula is C23H17BrN4O3. The van der Waals surface area contributed by atoms with E-state index < -0.39 is 12.0 Å². The average molecular weight is 477 g/mol. The third kappa shape index (κ3) is 4.81. The lowest BCUT2D eigenvalue weighted by Gasteiger charge is -2.08. The first-order chi connectivity index (χ1) is 15.0. The summed E-state index contributed by atoms with van der Waals surface area (Å²) in [7, 11) is 0. The maximum Gasteiger partial charge on any atom is 0.336 e. The minimum absolute atomic E-state index is 0.160. The lowest BCUT2D eigenvalue weighted by Crippen LogP contribution is -2.19. The van der Waals surface area contributed by atoms with Crippen molar-refractivity contribution in [3.63, 3.8) is 0 Å². The number of nitrogens with zero attached hydrogens (tertiary/aromatic N) is 1. The smallest absolute Gasteiger partial charge is 0.336 e. The molecule has 0 spiro atoms. The summed E-state index contributed by atoms with van der Waals surface area (Å²) in [5, 5.41) is 15.9. The number of urea groups is 1. The third-order valence-corrected chi connectivity index (χ3v) is 5.07. The number of amides is 2. The highest BCUT2D eigenvalue weighted by Gasteiger charge is 2.13. The number of aromatic nitrogens is 2. The molecule has 4 rings (SSSR count). The van der Waals surface area contributed by atoms with Gasteiger partial charge in [0.1, 0.15) is 5.65 Å². The molecule has 0 atom stereocenters. The first-order valence-electron chi connectivity index (χ1n) is 9.31. The minimum atomic E-state index is -1.03. The van der Waals surface area contributed by atoms with Crippen molar-refractivity contribution in [1.82, 2.24) is 9.97 Å². The number of hydrogen-bond acceptors (Lipinski definition) is 3. The minimum Gasteiger partial charge on any atom is -0.478 e. The first-order valence-corrected chi connectivity index (χ1v) is 10.1.